The van der Waals surface area contributed by atoms with Crippen LogP contribution in [0, 0.1) is 0 Å². The van der Waals surface area contributed by atoms with Crippen LogP contribution in [0.2, 0.25) is 0 Å². The molecule has 0 aliphatic carbocycles. The number of furan rings is 1. The van der Waals surface area contributed by atoms with Crippen LogP contribution in [0.15, 0.2) is 33.9 Å². The fourth-order valence-corrected chi connectivity index (χ4v) is 1.43. The Labute approximate surface area is 98.9 Å². The summed E-state index contributed by atoms with van der Waals surface area (Å²) in [6.45, 7) is 4.56. The molecule has 2 heterocycles. The minimum atomic E-state index is -0.140. The van der Waals surface area contributed by atoms with Crippen molar-refractivity contribution >= 4 is 5.82 Å². The zero-order chi connectivity index (χ0) is 12.3. The molecule has 90 valence electrons. The highest BCUT2D eigenvalue weighted by molar-refractivity contribution is 5.34. The fraction of sp³-hybridized carbons (Fsp3) is 0.333. The quantitative estimate of drug-likeness (QED) is 0.848. The molecule has 5 nitrogen and oxygen atoms in total. The molecule has 0 atom stereocenters. The molecule has 0 bridgehead atoms. The third-order valence-corrected chi connectivity index (χ3v) is 2.36. The molecule has 2 N–H and O–H groups in total. The molecule has 2 aromatic heterocycles. The van der Waals surface area contributed by atoms with E-state index in [4.69, 9.17) is 4.42 Å². The monoisotopic (exact) mass is 233 g/mol. The zero-order valence-corrected chi connectivity index (χ0v) is 9.86. The van der Waals surface area contributed by atoms with Crippen LogP contribution in [0.5, 0.6) is 0 Å². The van der Waals surface area contributed by atoms with Gasteiger partial charge in [0.1, 0.15) is 11.6 Å². The van der Waals surface area contributed by atoms with Gasteiger partial charge in [0.15, 0.2) is 0 Å². The Morgan fingerprint density at radius 3 is 3.00 bits per heavy atom. The molecule has 5 heteroatoms. The first-order valence-electron chi connectivity index (χ1n) is 5.51. The van der Waals surface area contributed by atoms with Crippen molar-refractivity contribution in [3.05, 3.63) is 46.4 Å². The Bertz CT molecular complexity index is 529. The highest BCUT2D eigenvalue weighted by atomic mass is 16.3. The van der Waals surface area contributed by atoms with E-state index in [-0.39, 0.29) is 11.5 Å². The Morgan fingerprint density at radius 2 is 2.35 bits per heavy atom. The molecule has 17 heavy (non-hydrogen) atoms. The normalized spacial score (nSPS) is 10.8. The van der Waals surface area contributed by atoms with Gasteiger partial charge in [-0.15, -0.1) is 0 Å². The van der Waals surface area contributed by atoms with Crippen molar-refractivity contribution < 1.29 is 4.42 Å². The van der Waals surface area contributed by atoms with E-state index in [0.717, 1.165) is 5.56 Å². The minimum absolute atomic E-state index is 0.140. The predicted octanol–water partition coefficient (Wildman–Crippen LogP) is 2.10. The number of aromatic nitrogens is 2. The van der Waals surface area contributed by atoms with Gasteiger partial charge in [0.05, 0.1) is 12.5 Å². The van der Waals surface area contributed by atoms with Crippen LogP contribution >= 0.6 is 0 Å². The zero-order valence-electron chi connectivity index (χ0n) is 9.86. The molecule has 0 unspecified atom stereocenters. The van der Waals surface area contributed by atoms with Gasteiger partial charge in [-0.2, -0.15) is 0 Å². The first kappa shape index (κ1) is 11.4. The number of nitrogens with zero attached hydrogens (tertiary/aromatic N) is 1. The van der Waals surface area contributed by atoms with Crippen LogP contribution in [0.25, 0.3) is 0 Å². The SMILES string of the molecule is CC(C)c1nc(NCc2ccoc2)cc(=O)[nH]1. The van der Waals surface area contributed by atoms with Crippen molar-refractivity contribution in [2.75, 3.05) is 5.32 Å². The standard InChI is InChI=1S/C12H15N3O2/c1-8(2)12-14-10(5-11(16)15-12)13-6-9-3-4-17-7-9/h3-5,7-8H,6H2,1-2H3,(H2,13,14,15,16). The molecule has 0 saturated carbocycles. The van der Waals surface area contributed by atoms with Gasteiger partial charge in [0.25, 0.3) is 5.56 Å². The lowest BCUT2D eigenvalue weighted by Crippen LogP contribution is -2.14. The van der Waals surface area contributed by atoms with Crippen molar-refractivity contribution in [2.24, 2.45) is 0 Å². The molecule has 0 aliphatic rings. The van der Waals surface area contributed by atoms with Crippen molar-refractivity contribution in [1.82, 2.24) is 9.97 Å². The van der Waals surface area contributed by atoms with Gasteiger partial charge in [-0.1, -0.05) is 13.8 Å². The first-order valence-corrected chi connectivity index (χ1v) is 5.51. The molecule has 0 fully saturated rings. The van der Waals surface area contributed by atoms with Gasteiger partial charge < -0.3 is 14.7 Å². The predicted molar refractivity (Wildman–Crippen MR) is 65.0 cm³/mol. The van der Waals surface area contributed by atoms with E-state index < -0.39 is 0 Å². The second kappa shape index (κ2) is 4.86. The lowest BCUT2D eigenvalue weighted by atomic mass is 10.2. The summed E-state index contributed by atoms with van der Waals surface area (Å²) in [5, 5.41) is 3.09. The number of nitrogens with one attached hydrogen (secondary N) is 2. The Morgan fingerprint density at radius 1 is 1.53 bits per heavy atom. The number of aromatic amines is 1. The Kier molecular flexibility index (Phi) is 3.27. The van der Waals surface area contributed by atoms with Gasteiger partial charge >= 0.3 is 0 Å². The average molecular weight is 233 g/mol. The second-order valence-corrected chi connectivity index (χ2v) is 4.16. The third kappa shape index (κ3) is 2.96. The van der Waals surface area contributed by atoms with E-state index in [2.05, 4.69) is 15.3 Å². The number of anilines is 1. The maximum Gasteiger partial charge on any atom is 0.252 e. The lowest BCUT2D eigenvalue weighted by Gasteiger charge is -2.07. The summed E-state index contributed by atoms with van der Waals surface area (Å²) in [7, 11) is 0. The topological polar surface area (TPSA) is 70.9 Å². The van der Waals surface area contributed by atoms with Crippen LogP contribution in [-0.2, 0) is 6.54 Å². The van der Waals surface area contributed by atoms with Gasteiger partial charge in [-0.25, -0.2) is 4.98 Å². The summed E-state index contributed by atoms with van der Waals surface area (Å²) in [5.41, 5.74) is 0.872. The molecule has 0 amide bonds. The first-order chi connectivity index (χ1) is 8.15. The van der Waals surface area contributed by atoms with Gasteiger partial charge in [-0.05, 0) is 6.07 Å². The maximum absolute atomic E-state index is 11.4. The van der Waals surface area contributed by atoms with Crippen molar-refractivity contribution in [2.45, 2.75) is 26.3 Å². The van der Waals surface area contributed by atoms with Crippen LogP contribution in [0.3, 0.4) is 0 Å². The van der Waals surface area contributed by atoms with Crippen LogP contribution in [0.1, 0.15) is 31.2 Å². The molecule has 0 aromatic carbocycles. The maximum atomic E-state index is 11.4. The molecular weight excluding hydrogens is 218 g/mol. The van der Waals surface area contributed by atoms with Gasteiger partial charge in [0.2, 0.25) is 0 Å². The highest BCUT2D eigenvalue weighted by Crippen LogP contribution is 2.10. The molecule has 0 radical (unpaired) electrons. The minimum Gasteiger partial charge on any atom is -0.472 e. The summed E-state index contributed by atoms with van der Waals surface area (Å²) in [5.74, 6) is 1.46. The summed E-state index contributed by atoms with van der Waals surface area (Å²) in [6.07, 6.45) is 3.27. The molecule has 0 saturated heterocycles. The highest BCUT2D eigenvalue weighted by Gasteiger charge is 2.05. The molecule has 0 aliphatic heterocycles. The molecule has 2 rings (SSSR count). The van der Waals surface area contributed by atoms with Gasteiger partial charge in [0, 0.05) is 24.1 Å². The van der Waals surface area contributed by atoms with Crippen molar-refractivity contribution in [3.8, 4) is 0 Å². The van der Waals surface area contributed by atoms with Crippen molar-refractivity contribution in [1.29, 1.82) is 0 Å². The Balaban J connectivity index is 2.13. The number of hydrogen-bond donors (Lipinski definition) is 2. The number of hydrogen-bond acceptors (Lipinski definition) is 4. The van der Waals surface area contributed by atoms with Crippen LogP contribution in [0.4, 0.5) is 5.82 Å². The van der Waals surface area contributed by atoms with E-state index in [1.54, 1.807) is 12.5 Å². The van der Waals surface area contributed by atoms with E-state index in [9.17, 15) is 4.79 Å². The summed E-state index contributed by atoms with van der Waals surface area (Å²) in [4.78, 5) is 18.5. The van der Waals surface area contributed by atoms with Gasteiger partial charge in [-0.3, -0.25) is 4.79 Å². The van der Waals surface area contributed by atoms with E-state index in [1.165, 1.54) is 6.07 Å². The fourth-order valence-electron chi connectivity index (χ4n) is 1.43. The molecule has 0 spiro atoms. The average Bonchev–Trinajstić information content (AvgIpc) is 2.78. The molecular formula is C12H15N3O2. The summed E-state index contributed by atoms with van der Waals surface area (Å²) < 4.78 is 4.96. The summed E-state index contributed by atoms with van der Waals surface area (Å²) in [6, 6.07) is 3.31. The number of H-pyrrole nitrogens is 1. The van der Waals surface area contributed by atoms with Crippen LogP contribution in [-0.4, -0.2) is 9.97 Å². The van der Waals surface area contributed by atoms with Crippen LogP contribution < -0.4 is 10.9 Å². The Hall–Kier alpha value is -2.04. The molecule has 2 aromatic rings. The van der Waals surface area contributed by atoms with Crippen molar-refractivity contribution in [3.63, 3.8) is 0 Å². The second-order valence-electron chi connectivity index (χ2n) is 4.16. The van der Waals surface area contributed by atoms with E-state index in [0.29, 0.717) is 18.2 Å². The summed E-state index contributed by atoms with van der Waals surface area (Å²) >= 11 is 0. The van der Waals surface area contributed by atoms with E-state index in [1.807, 2.05) is 19.9 Å². The largest absolute Gasteiger partial charge is 0.472 e. The third-order valence-electron chi connectivity index (χ3n) is 2.36. The number of rotatable bonds is 4. The van der Waals surface area contributed by atoms with E-state index >= 15 is 0 Å². The smallest absolute Gasteiger partial charge is 0.252 e. The lowest BCUT2D eigenvalue weighted by molar-refractivity contribution is 0.564.